The van der Waals surface area contributed by atoms with Crippen molar-refractivity contribution in [3.63, 3.8) is 0 Å². The van der Waals surface area contributed by atoms with Crippen LogP contribution in [0.1, 0.15) is 53.0 Å². The lowest BCUT2D eigenvalue weighted by Crippen LogP contribution is -2.17. The zero-order valence-electron chi connectivity index (χ0n) is 21.5. The summed E-state index contributed by atoms with van der Waals surface area (Å²) in [5.74, 6) is 0.845. The van der Waals surface area contributed by atoms with Crippen LogP contribution in [-0.2, 0) is 0 Å². The van der Waals surface area contributed by atoms with Crippen LogP contribution in [0.2, 0.25) is 0 Å². The first-order chi connectivity index (χ1) is 18.6. The number of ether oxygens (including phenoxy) is 3. The number of fused-ring (bicyclic) bond motifs is 1. The van der Waals surface area contributed by atoms with Crippen LogP contribution >= 0.6 is 0 Å². The number of esters is 1. The van der Waals surface area contributed by atoms with E-state index in [9.17, 15) is 9.59 Å². The van der Waals surface area contributed by atoms with E-state index in [0.717, 1.165) is 23.6 Å². The Morgan fingerprint density at radius 3 is 2.21 bits per heavy atom. The van der Waals surface area contributed by atoms with E-state index in [2.05, 4.69) is 17.5 Å². The molecule has 0 aliphatic carbocycles. The molecule has 7 nitrogen and oxygen atoms in total. The first-order valence-electron chi connectivity index (χ1n) is 12.6. The minimum absolute atomic E-state index is 0.328. The molecule has 0 bridgehead atoms. The highest BCUT2D eigenvalue weighted by Crippen LogP contribution is 2.28. The Kier molecular flexibility index (Phi) is 9.07. The lowest BCUT2D eigenvalue weighted by molar-refractivity contribution is 0.0734. The third-order valence-electron chi connectivity index (χ3n) is 5.78. The van der Waals surface area contributed by atoms with Gasteiger partial charge >= 0.3 is 5.97 Å². The van der Waals surface area contributed by atoms with Crippen molar-refractivity contribution >= 4 is 28.9 Å². The number of nitrogens with zero attached hydrogens (tertiary/aromatic N) is 1. The first kappa shape index (κ1) is 26.4. The van der Waals surface area contributed by atoms with Gasteiger partial charge in [-0.05, 0) is 78.7 Å². The van der Waals surface area contributed by atoms with Gasteiger partial charge in [0.1, 0.15) is 17.2 Å². The molecule has 0 aromatic heterocycles. The summed E-state index contributed by atoms with van der Waals surface area (Å²) < 4.78 is 16.8. The molecular formula is C31H30N2O5. The highest BCUT2D eigenvalue weighted by molar-refractivity contribution is 6.04. The molecule has 0 saturated heterocycles. The number of nitrogens with one attached hydrogen (secondary N) is 1. The minimum Gasteiger partial charge on any atom is -0.494 e. The number of rotatable bonds is 11. The average molecular weight is 511 g/mol. The highest BCUT2D eigenvalue weighted by atomic mass is 16.5. The van der Waals surface area contributed by atoms with Crippen molar-refractivity contribution in [2.24, 2.45) is 5.10 Å². The maximum absolute atomic E-state index is 12.9. The molecule has 4 aromatic carbocycles. The predicted molar refractivity (Wildman–Crippen MR) is 148 cm³/mol. The molecule has 0 aliphatic rings. The molecule has 4 aromatic rings. The summed E-state index contributed by atoms with van der Waals surface area (Å²) in [5.41, 5.74) is 3.96. The van der Waals surface area contributed by atoms with Crippen LogP contribution in [0.3, 0.4) is 0 Å². The van der Waals surface area contributed by atoms with Crippen molar-refractivity contribution in [1.29, 1.82) is 0 Å². The predicted octanol–water partition coefficient (Wildman–Crippen LogP) is 6.40. The lowest BCUT2D eigenvalue weighted by atomic mass is 10.0. The number of amides is 1. The van der Waals surface area contributed by atoms with Gasteiger partial charge in [-0.3, -0.25) is 4.79 Å². The van der Waals surface area contributed by atoms with Gasteiger partial charge < -0.3 is 14.2 Å². The molecule has 38 heavy (non-hydrogen) atoms. The van der Waals surface area contributed by atoms with E-state index in [1.165, 1.54) is 6.21 Å². The van der Waals surface area contributed by atoms with E-state index >= 15 is 0 Å². The Balaban J connectivity index is 1.50. The third kappa shape index (κ3) is 6.76. The highest BCUT2D eigenvalue weighted by Gasteiger charge is 2.14. The van der Waals surface area contributed by atoms with Gasteiger partial charge in [-0.15, -0.1) is 0 Å². The average Bonchev–Trinajstić information content (AvgIpc) is 2.95. The molecule has 7 heteroatoms. The fraction of sp³-hybridized carbons (Fsp3) is 0.194. The second-order valence-corrected chi connectivity index (χ2v) is 8.47. The van der Waals surface area contributed by atoms with Crippen LogP contribution in [-0.4, -0.2) is 31.3 Å². The molecule has 0 atom stereocenters. The Morgan fingerprint density at radius 2 is 1.50 bits per heavy atom. The van der Waals surface area contributed by atoms with Gasteiger partial charge in [-0.25, -0.2) is 10.2 Å². The van der Waals surface area contributed by atoms with Gasteiger partial charge in [0.25, 0.3) is 5.91 Å². The molecule has 0 fully saturated rings. The van der Waals surface area contributed by atoms with Crippen molar-refractivity contribution in [3.05, 3.63) is 102 Å². The molecule has 0 saturated carbocycles. The van der Waals surface area contributed by atoms with Crippen LogP contribution in [0.15, 0.2) is 90.0 Å². The smallest absolute Gasteiger partial charge is 0.343 e. The van der Waals surface area contributed by atoms with E-state index in [4.69, 9.17) is 14.2 Å². The zero-order chi connectivity index (χ0) is 26.7. The number of hydrazone groups is 1. The number of unbranched alkanes of at least 4 members (excludes halogenated alkanes) is 1. The van der Waals surface area contributed by atoms with Gasteiger partial charge in [-0.2, -0.15) is 5.10 Å². The SMILES string of the molecule is CCCCOc1ccc(C(=O)NN=Cc2c(OC(=O)c3ccc(OCC)cc3)ccc3ccccc23)cc1. The summed E-state index contributed by atoms with van der Waals surface area (Å²) in [4.78, 5) is 25.5. The number of hydrogen-bond acceptors (Lipinski definition) is 6. The Labute approximate surface area is 222 Å². The van der Waals surface area contributed by atoms with Crippen LogP contribution in [0.5, 0.6) is 17.2 Å². The standard InChI is InChI=1S/C31H30N2O5/c1-3-5-20-37-26-15-10-23(11-16-26)30(34)33-32-21-28-27-9-7-6-8-22(27)14-19-29(28)38-31(35)24-12-17-25(18-13-24)36-4-2/h6-19,21H,3-5,20H2,1-2H3,(H,33,34). The largest absolute Gasteiger partial charge is 0.494 e. The molecule has 0 heterocycles. The van der Waals surface area contributed by atoms with Crippen LogP contribution in [0, 0.1) is 0 Å². The van der Waals surface area contributed by atoms with Gasteiger partial charge in [0.05, 0.1) is 25.0 Å². The third-order valence-corrected chi connectivity index (χ3v) is 5.78. The van der Waals surface area contributed by atoms with Crippen LogP contribution < -0.4 is 19.6 Å². The summed E-state index contributed by atoms with van der Waals surface area (Å²) in [5, 5.41) is 5.93. The first-order valence-corrected chi connectivity index (χ1v) is 12.6. The molecule has 4 rings (SSSR count). The van der Waals surface area contributed by atoms with Gasteiger partial charge in [0.15, 0.2) is 0 Å². The Hall–Kier alpha value is -4.65. The zero-order valence-corrected chi connectivity index (χ0v) is 21.5. The maximum Gasteiger partial charge on any atom is 0.343 e. The topological polar surface area (TPSA) is 86.2 Å². The van der Waals surface area contributed by atoms with Crippen molar-refractivity contribution in [2.45, 2.75) is 26.7 Å². The summed E-state index contributed by atoms with van der Waals surface area (Å²) in [7, 11) is 0. The number of hydrogen-bond donors (Lipinski definition) is 1. The van der Waals surface area contributed by atoms with E-state index in [-0.39, 0.29) is 5.91 Å². The van der Waals surface area contributed by atoms with Crippen molar-refractivity contribution in [3.8, 4) is 17.2 Å². The van der Waals surface area contributed by atoms with Gasteiger partial charge in [-0.1, -0.05) is 43.7 Å². The fourth-order valence-electron chi connectivity index (χ4n) is 3.77. The van der Waals surface area contributed by atoms with Crippen LogP contribution in [0.4, 0.5) is 0 Å². The Morgan fingerprint density at radius 1 is 0.816 bits per heavy atom. The molecule has 0 spiro atoms. The molecule has 0 aliphatic heterocycles. The second kappa shape index (κ2) is 13.1. The molecule has 194 valence electrons. The summed E-state index contributed by atoms with van der Waals surface area (Å²) in [6.07, 6.45) is 3.52. The number of carbonyl (C=O) groups excluding carboxylic acids is 2. The molecule has 0 radical (unpaired) electrons. The quantitative estimate of drug-likeness (QED) is 0.0829. The second-order valence-electron chi connectivity index (χ2n) is 8.47. The van der Waals surface area contributed by atoms with E-state index in [1.54, 1.807) is 54.6 Å². The van der Waals surface area contributed by atoms with E-state index < -0.39 is 5.97 Å². The van der Waals surface area contributed by atoms with Crippen molar-refractivity contribution < 1.29 is 23.8 Å². The number of carbonyl (C=O) groups is 2. The van der Waals surface area contributed by atoms with Gasteiger partial charge in [0.2, 0.25) is 0 Å². The number of benzene rings is 4. The summed E-state index contributed by atoms with van der Waals surface area (Å²) >= 11 is 0. The molecule has 0 unspecified atom stereocenters. The molecule has 1 N–H and O–H groups in total. The molecule has 1 amide bonds. The minimum atomic E-state index is -0.511. The normalized spacial score (nSPS) is 10.9. The maximum atomic E-state index is 12.9. The van der Waals surface area contributed by atoms with Crippen molar-refractivity contribution in [1.82, 2.24) is 5.43 Å². The fourth-order valence-corrected chi connectivity index (χ4v) is 3.77. The summed E-state index contributed by atoms with van der Waals surface area (Å²) in [6.45, 7) is 5.18. The van der Waals surface area contributed by atoms with E-state index in [1.807, 2.05) is 37.3 Å². The Bertz CT molecular complexity index is 1410. The van der Waals surface area contributed by atoms with Crippen LogP contribution in [0.25, 0.3) is 10.8 Å². The summed E-state index contributed by atoms with van der Waals surface area (Å²) in [6, 6.07) is 24.9. The van der Waals surface area contributed by atoms with Crippen molar-refractivity contribution in [2.75, 3.05) is 13.2 Å². The monoisotopic (exact) mass is 510 g/mol. The lowest BCUT2D eigenvalue weighted by Gasteiger charge is -2.11. The van der Waals surface area contributed by atoms with Gasteiger partial charge in [0, 0.05) is 11.1 Å². The molecular weight excluding hydrogens is 480 g/mol. The van der Waals surface area contributed by atoms with E-state index in [0.29, 0.717) is 47.2 Å².